The van der Waals surface area contributed by atoms with E-state index < -0.39 is 31.7 Å². The molecule has 0 fully saturated rings. The summed E-state index contributed by atoms with van der Waals surface area (Å²) in [7, 11) is -4.55. The van der Waals surface area contributed by atoms with Crippen LogP contribution in [0.25, 0.3) is 11.1 Å². The fourth-order valence-electron chi connectivity index (χ4n) is 10.5. The largest absolute Gasteiger partial charge is 0.472 e. The number of hydrogen-bond acceptors (Lipinski definition) is 9. The lowest BCUT2D eigenvalue weighted by Crippen LogP contribution is -2.50. The van der Waals surface area contributed by atoms with Gasteiger partial charge in [0.25, 0.3) is 0 Å². The van der Waals surface area contributed by atoms with Crippen LogP contribution in [0.3, 0.4) is 0 Å². The highest BCUT2D eigenvalue weighted by molar-refractivity contribution is 7.47. The molecule has 0 radical (unpaired) electrons. The zero-order chi connectivity index (χ0) is 56.4. The summed E-state index contributed by atoms with van der Waals surface area (Å²) in [5, 5.41) is 5.45. The number of rotatable bonds is 49. The average molecular weight is 1110 g/mol. The van der Waals surface area contributed by atoms with E-state index in [0.717, 1.165) is 60.8 Å². The molecule has 78 heavy (non-hydrogen) atoms. The number of hydrogen-bond donors (Lipinski definition) is 3. The quantitative estimate of drug-likeness (QED) is 0.0429. The first kappa shape index (κ1) is 68.8. The van der Waals surface area contributed by atoms with Gasteiger partial charge in [-0.2, -0.15) is 0 Å². The topological polar surface area (TPSA) is 162 Å². The third kappa shape index (κ3) is 32.7. The summed E-state index contributed by atoms with van der Waals surface area (Å²) in [5.74, 6) is -0.416. The summed E-state index contributed by atoms with van der Waals surface area (Å²) in [6, 6.07) is 15.2. The van der Waals surface area contributed by atoms with Crippen LogP contribution in [0.5, 0.6) is 0 Å². The van der Waals surface area contributed by atoms with Crippen molar-refractivity contribution >= 4 is 25.9 Å². The number of benzene rings is 2. The van der Waals surface area contributed by atoms with Gasteiger partial charge in [0, 0.05) is 32.0 Å². The molecular formula is C64H110N3O10P. The maximum Gasteiger partial charge on any atom is 0.472 e. The third-order valence-corrected chi connectivity index (χ3v) is 15.9. The van der Waals surface area contributed by atoms with E-state index in [1.165, 1.54) is 167 Å². The zero-order valence-corrected chi connectivity index (χ0v) is 50.7. The smallest absolute Gasteiger partial charge is 0.449 e. The molecule has 3 N–H and O–H groups in total. The Morgan fingerprint density at radius 1 is 0.551 bits per heavy atom. The monoisotopic (exact) mass is 1110 g/mol. The number of carbonyl (C=O) groups excluding carboxylic acids is 3. The van der Waals surface area contributed by atoms with Crippen LogP contribution >= 0.6 is 7.82 Å². The molecule has 2 aromatic rings. The fraction of sp³-hybridized carbons (Fsp3) is 0.766. The first-order valence-electron chi connectivity index (χ1n) is 31.4. The molecule has 1 aliphatic rings. The molecule has 0 heterocycles. The van der Waals surface area contributed by atoms with Crippen molar-refractivity contribution in [3.05, 3.63) is 59.7 Å². The second-order valence-corrected chi connectivity index (χ2v) is 24.4. The van der Waals surface area contributed by atoms with Gasteiger partial charge in [-0.25, -0.2) is 14.2 Å². The summed E-state index contributed by atoms with van der Waals surface area (Å²) < 4.78 is 40.2. The second kappa shape index (κ2) is 43.3. The van der Waals surface area contributed by atoms with E-state index in [4.69, 9.17) is 23.3 Å². The Morgan fingerprint density at radius 2 is 0.949 bits per heavy atom. The molecule has 0 saturated heterocycles. The van der Waals surface area contributed by atoms with E-state index in [9.17, 15) is 23.8 Å². The summed E-state index contributed by atoms with van der Waals surface area (Å²) in [4.78, 5) is 52.9. The lowest BCUT2D eigenvalue weighted by Gasteiger charge is -2.28. The van der Waals surface area contributed by atoms with Gasteiger partial charge in [-0.15, -0.1) is 0 Å². The molecule has 0 spiro atoms. The maximum absolute atomic E-state index is 14.7. The molecule has 3 amide bonds. The third-order valence-electron chi connectivity index (χ3n) is 14.9. The first-order chi connectivity index (χ1) is 37.8. The van der Waals surface area contributed by atoms with E-state index in [-0.39, 0.29) is 57.8 Å². The molecule has 0 saturated carbocycles. The number of alkyl carbamates (subject to hydrolysis) is 2. The Kier molecular flexibility index (Phi) is 38.2. The van der Waals surface area contributed by atoms with Gasteiger partial charge in [0.05, 0.1) is 26.4 Å². The predicted octanol–water partition coefficient (Wildman–Crippen LogP) is 17.3. The van der Waals surface area contributed by atoms with E-state index in [2.05, 4.69) is 48.7 Å². The number of nitrogens with zero attached hydrogens (tertiary/aromatic N) is 1. The highest BCUT2D eigenvalue weighted by Gasteiger charge is 2.32. The zero-order valence-electron chi connectivity index (χ0n) is 49.8. The molecule has 13 nitrogen and oxygen atoms in total. The van der Waals surface area contributed by atoms with Crippen molar-refractivity contribution in [2.75, 3.05) is 52.7 Å². The van der Waals surface area contributed by atoms with Gasteiger partial charge >= 0.3 is 20.0 Å². The Hall–Kier alpha value is -3.48. The van der Waals surface area contributed by atoms with Crippen molar-refractivity contribution in [3.63, 3.8) is 0 Å². The van der Waals surface area contributed by atoms with Gasteiger partial charge in [0.1, 0.15) is 18.2 Å². The first-order valence-corrected chi connectivity index (χ1v) is 32.9. The van der Waals surface area contributed by atoms with Crippen LogP contribution in [0.15, 0.2) is 48.5 Å². The number of phosphoric acid groups is 1. The van der Waals surface area contributed by atoms with Crippen molar-refractivity contribution in [3.8, 4) is 11.1 Å². The number of carbonyl (C=O) groups is 3. The molecule has 1 aliphatic carbocycles. The van der Waals surface area contributed by atoms with Crippen molar-refractivity contribution in [2.24, 2.45) is 0 Å². The van der Waals surface area contributed by atoms with Gasteiger partial charge in [0.2, 0.25) is 5.91 Å². The van der Waals surface area contributed by atoms with Crippen LogP contribution < -0.4 is 10.6 Å². The van der Waals surface area contributed by atoms with Crippen LogP contribution in [-0.2, 0) is 32.6 Å². The summed E-state index contributed by atoms with van der Waals surface area (Å²) in [6.07, 6.45) is 39.1. The molecule has 0 bridgehead atoms. The normalized spacial score (nSPS) is 13.4. The second-order valence-electron chi connectivity index (χ2n) is 22.9. The highest BCUT2D eigenvalue weighted by atomic mass is 31.2. The number of phosphoric ester groups is 1. The number of fused-ring (bicyclic) bond motifs is 3. The van der Waals surface area contributed by atoms with Crippen LogP contribution in [-0.4, -0.2) is 92.2 Å². The molecule has 2 aromatic carbocycles. The standard InChI is InChI=1S/C64H110N3O10P/c1-6-8-10-12-14-16-18-20-22-24-26-28-30-32-34-40-48-67(49-41-35-33-31-29-27-25-23-21-19-17-15-13-11-9-7-2)61(68)60(46-50-75-78(71,72)76-53-52-73-51-47-65-62(69)77-64(3,4)5)66-63(70)74-54-59-57-44-38-36-42-55(57)56-43-37-39-45-58(56)59/h36-39,42-45,59-60H,6-35,40-41,46-54H2,1-5H3,(H,65,69)(H,66,70)(H,71,72). The van der Waals surface area contributed by atoms with Crippen LogP contribution in [0.2, 0.25) is 0 Å². The van der Waals surface area contributed by atoms with Crippen molar-refractivity contribution < 1.29 is 47.1 Å². The molecule has 0 aromatic heterocycles. The Balaban J connectivity index is 1.57. The summed E-state index contributed by atoms with van der Waals surface area (Å²) in [5.41, 5.74) is 3.77. The van der Waals surface area contributed by atoms with Gasteiger partial charge in [0.15, 0.2) is 0 Å². The number of unbranched alkanes of at least 4 members (excludes halogenated alkanes) is 30. The average Bonchev–Trinajstić information content (AvgIpc) is 3.76. The highest BCUT2D eigenvalue weighted by Crippen LogP contribution is 2.45. The van der Waals surface area contributed by atoms with E-state index in [1.807, 2.05) is 29.2 Å². The number of ether oxygens (including phenoxy) is 3. The van der Waals surface area contributed by atoms with Crippen LogP contribution in [0.1, 0.15) is 264 Å². The van der Waals surface area contributed by atoms with Gasteiger partial charge in [-0.3, -0.25) is 13.8 Å². The SMILES string of the molecule is CCCCCCCCCCCCCCCCCCN(CCCCCCCCCCCCCCCCCC)C(=O)C(CCOP(=O)(O)OCCOCCNC(=O)OC(C)(C)C)NC(=O)OCC1c2ccccc2-c2ccccc21. The number of nitrogens with one attached hydrogen (secondary N) is 2. The lowest BCUT2D eigenvalue weighted by atomic mass is 9.98. The van der Waals surface area contributed by atoms with Crippen molar-refractivity contribution in [2.45, 2.75) is 264 Å². The van der Waals surface area contributed by atoms with E-state index >= 15 is 0 Å². The van der Waals surface area contributed by atoms with Crippen LogP contribution in [0, 0.1) is 0 Å². The Labute approximate surface area is 474 Å². The summed E-state index contributed by atoms with van der Waals surface area (Å²) in [6.45, 7) is 10.8. The minimum atomic E-state index is -4.55. The van der Waals surface area contributed by atoms with Crippen molar-refractivity contribution in [1.82, 2.24) is 15.5 Å². The minimum absolute atomic E-state index is 0.0258. The fourth-order valence-corrected chi connectivity index (χ4v) is 11.2. The van der Waals surface area contributed by atoms with Gasteiger partial charge < -0.3 is 34.6 Å². The summed E-state index contributed by atoms with van der Waals surface area (Å²) >= 11 is 0. The predicted molar refractivity (Wildman–Crippen MR) is 319 cm³/mol. The maximum atomic E-state index is 14.7. The minimum Gasteiger partial charge on any atom is -0.449 e. The van der Waals surface area contributed by atoms with Crippen LogP contribution in [0.4, 0.5) is 9.59 Å². The van der Waals surface area contributed by atoms with Gasteiger partial charge in [-0.05, 0) is 55.9 Å². The molecule has 446 valence electrons. The molecule has 14 heteroatoms. The van der Waals surface area contributed by atoms with E-state index in [0.29, 0.717) is 13.1 Å². The molecule has 2 unspecified atom stereocenters. The van der Waals surface area contributed by atoms with Gasteiger partial charge in [-0.1, -0.05) is 255 Å². The molecular weight excluding hydrogens is 1000 g/mol. The Bertz CT molecular complexity index is 1830. The molecule has 2 atom stereocenters. The van der Waals surface area contributed by atoms with E-state index in [1.54, 1.807) is 20.8 Å². The van der Waals surface area contributed by atoms with Crippen molar-refractivity contribution in [1.29, 1.82) is 0 Å². The Morgan fingerprint density at radius 3 is 1.37 bits per heavy atom. The lowest BCUT2D eigenvalue weighted by molar-refractivity contribution is -0.134. The number of amides is 3. The molecule has 3 rings (SSSR count). The molecule has 0 aliphatic heterocycles.